The molecule has 2 atom stereocenters. The van der Waals surface area contributed by atoms with Crippen LogP contribution >= 0.6 is 0 Å². The summed E-state index contributed by atoms with van der Waals surface area (Å²) in [6.07, 6.45) is 3.69. The fourth-order valence-corrected chi connectivity index (χ4v) is 7.46. The number of carbonyl (C=O) groups excluding carboxylic acids is 1. The van der Waals surface area contributed by atoms with Gasteiger partial charge < -0.3 is 25.7 Å². The Morgan fingerprint density at radius 1 is 0.933 bits per heavy atom. The van der Waals surface area contributed by atoms with Gasteiger partial charge in [0.1, 0.15) is 89.9 Å². The molecule has 2 fully saturated rings. The normalized spacial score (nSPS) is 28.1. The Bertz CT molecular complexity index is 1720. The number of anilines is 3. The van der Waals surface area contributed by atoms with E-state index in [2.05, 4.69) is 83.3 Å². The highest BCUT2D eigenvalue weighted by Gasteiger charge is 2.57. The van der Waals surface area contributed by atoms with Crippen molar-refractivity contribution in [1.82, 2.24) is 24.8 Å². The third-order valence-electron chi connectivity index (χ3n) is 11.4. The van der Waals surface area contributed by atoms with Gasteiger partial charge in [-0.15, -0.1) is 0 Å². The zero-order chi connectivity index (χ0) is 33.7. The molecule has 0 radical (unpaired) electrons. The molecule has 2 unspecified atom stereocenters. The highest BCUT2D eigenvalue weighted by atomic mass is 16.3. The summed E-state index contributed by atoms with van der Waals surface area (Å²) in [5.74, 6) is 0.395. The molecule has 1 saturated heterocycles. The summed E-state index contributed by atoms with van der Waals surface area (Å²) in [6.45, 7) is 3.07. The van der Waals surface area contributed by atoms with Crippen LogP contribution in [0.15, 0.2) is 29.3 Å². The van der Waals surface area contributed by atoms with Gasteiger partial charge in [-0.1, -0.05) is 0 Å². The summed E-state index contributed by atoms with van der Waals surface area (Å²) < 4.78 is 1.44. The first-order chi connectivity index (χ1) is 20.4. The van der Waals surface area contributed by atoms with Gasteiger partial charge in [0.2, 0.25) is 5.95 Å². The van der Waals surface area contributed by atoms with E-state index in [1.54, 1.807) is 28.8 Å². The van der Waals surface area contributed by atoms with Crippen molar-refractivity contribution < 1.29 is 15.0 Å². The highest BCUT2D eigenvalue weighted by molar-refractivity contribution is 6.62. The number of aryl methyl sites for hydroxylation is 1. The van der Waals surface area contributed by atoms with Crippen LogP contribution in [0.1, 0.15) is 41.7 Å². The second-order valence-electron chi connectivity index (χ2n) is 15.6. The van der Waals surface area contributed by atoms with Crippen LogP contribution in [0.3, 0.4) is 0 Å². The fourth-order valence-electron chi connectivity index (χ4n) is 7.46. The van der Waals surface area contributed by atoms with E-state index in [1.807, 2.05) is 18.3 Å². The molecule has 1 aliphatic carbocycles. The van der Waals surface area contributed by atoms with E-state index in [4.69, 9.17) is 9.97 Å². The Morgan fingerprint density at radius 2 is 1.49 bits per heavy atom. The van der Waals surface area contributed by atoms with Crippen LogP contribution < -0.4 is 21.1 Å². The third kappa shape index (κ3) is 5.13. The van der Waals surface area contributed by atoms with Crippen LogP contribution in [0, 0.1) is 6.92 Å². The first-order valence-corrected chi connectivity index (χ1v) is 15.7. The van der Waals surface area contributed by atoms with Gasteiger partial charge in [0, 0.05) is 17.6 Å². The molecule has 45 heavy (non-hydrogen) atoms. The second-order valence-corrected chi connectivity index (χ2v) is 15.6. The lowest BCUT2D eigenvalue weighted by atomic mass is 9.27. The number of carbonyl (C=O) groups is 1. The number of aliphatic hydroxyl groups is 2. The topological polar surface area (TPSA) is 146 Å². The quantitative estimate of drug-likeness (QED) is 0.165. The average molecular weight is 598 g/mol. The van der Waals surface area contributed by atoms with Gasteiger partial charge in [-0.2, -0.15) is 4.98 Å². The minimum Gasteiger partial charge on any atom is -0.397 e. The first-order valence-electron chi connectivity index (χ1n) is 15.7. The number of hydrogen-bond donors (Lipinski definition) is 4. The van der Waals surface area contributed by atoms with Gasteiger partial charge in [0.25, 0.3) is 5.56 Å². The molecule has 3 aromatic heterocycles. The smallest absolute Gasteiger partial charge is 0.263 e. The molecule has 224 valence electrons. The van der Waals surface area contributed by atoms with Gasteiger partial charge in [-0.3, -0.25) is 14.2 Å². The molecule has 0 bridgehead atoms. The molecule has 5 rings (SSSR count). The van der Waals surface area contributed by atoms with E-state index in [-0.39, 0.29) is 51.5 Å². The summed E-state index contributed by atoms with van der Waals surface area (Å²) in [5.41, 5.74) is -1.49. The number of aromatic nitrogens is 4. The average Bonchev–Trinajstić information content (AvgIpc) is 3.09. The zero-order valence-corrected chi connectivity index (χ0v) is 28.7. The highest BCUT2D eigenvalue weighted by Crippen LogP contribution is 2.43. The maximum atomic E-state index is 13.8. The first kappa shape index (κ1) is 33.6. The SMILES string of the molecule is BC1(O)CC(n2c(=O)c(C(C)=O)c(C)c3cnc(Nc4ccc(N5C(B)(B)C(B)(B)NC(B)(B)C5(B)B)cn4)nc32)CC1(B)O. The lowest BCUT2D eigenvalue weighted by Crippen LogP contribution is -2.92. The number of piperazine rings is 1. The van der Waals surface area contributed by atoms with Crippen molar-refractivity contribution in [3.05, 3.63) is 46.0 Å². The lowest BCUT2D eigenvalue weighted by Gasteiger charge is -2.70. The van der Waals surface area contributed by atoms with Crippen LogP contribution in [0.5, 0.6) is 0 Å². The number of rotatable bonds is 5. The molecule has 4 heterocycles. The molecule has 11 nitrogen and oxygen atoms in total. The second kappa shape index (κ2) is 10.4. The summed E-state index contributed by atoms with van der Waals surface area (Å²) >= 11 is 0. The molecule has 1 aliphatic heterocycles. The molecule has 3 aromatic rings. The number of hydrogen-bond acceptors (Lipinski definition) is 10. The Hall–Kier alpha value is -2.76. The molecule has 0 aromatic carbocycles. The minimum atomic E-state index is -1.43. The van der Waals surface area contributed by atoms with Crippen LogP contribution in [-0.2, 0) is 0 Å². The van der Waals surface area contributed by atoms with Crippen molar-refractivity contribution in [2.75, 3.05) is 10.2 Å². The molecule has 2 aliphatic rings. The van der Waals surface area contributed by atoms with Gasteiger partial charge in [-0.25, -0.2) is 9.97 Å². The maximum absolute atomic E-state index is 13.8. The number of fused-ring (bicyclic) bond motifs is 1. The van der Waals surface area contributed by atoms with Crippen molar-refractivity contribution in [3.8, 4) is 0 Å². The molecule has 21 heteroatoms. The van der Waals surface area contributed by atoms with Crippen molar-refractivity contribution in [1.29, 1.82) is 0 Å². The van der Waals surface area contributed by atoms with Crippen molar-refractivity contribution in [2.24, 2.45) is 0 Å². The number of nitrogens with one attached hydrogen (secondary N) is 2. The Morgan fingerprint density at radius 3 is 1.98 bits per heavy atom. The summed E-state index contributed by atoms with van der Waals surface area (Å²) in [6, 6.07) is 3.35. The van der Waals surface area contributed by atoms with Gasteiger partial charge >= 0.3 is 0 Å². The van der Waals surface area contributed by atoms with E-state index in [0.29, 0.717) is 22.4 Å². The Kier molecular flexibility index (Phi) is 7.74. The summed E-state index contributed by atoms with van der Waals surface area (Å²) in [7, 11) is 21.0. The van der Waals surface area contributed by atoms with E-state index < -0.39 is 22.6 Å². The van der Waals surface area contributed by atoms with Crippen LogP contribution in [0.2, 0.25) is 0 Å². The van der Waals surface area contributed by atoms with Crippen LogP contribution in [0.25, 0.3) is 11.0 Å². The Labute approximate surface area is 273 Å². The van der Waals surface area contributed by atoms with Gasteiger partial charge in [0.05, 0.1) is 28.4 Å². The number of pyridine rings is 2. The zero-order valence-electron chi connectivity index (χ0n) is 28.7. The van der Waals surface area contributed by atoms with Gasteiger partial charge in [-0.05, 0) is 65.7 Å². The third-order valence-corrected chi connectivity index (χ3v) is 11.4. The van der Waals surface area contributed by atoms with Crippen LogP contribution in [-0.4, -0.2) is 146 Å². The fraction of sp³-hybridized carbons (Fsp3) is 0.458. The molecular weight excluding hydrogens is 558 g/mol. The molecule has 0 amide bonds. The number of nitrogens with zero attached hydrogens (tertiary/aromatic N) is 5. The van der Waals surface area contributed by atoms with E-state index in [1.165, 1.54) is 11.5 Å². The standard InChI is InChI=1S/C24H39B10N7O4/c1-9-13-8-36-18(38-16(13)40(17(43)15(9)10(2)42)12-5-19(25,44)20(26,45)6-12)37-14-4-3-11(7-35-14)41-23(31,32)21(27,28)39-22(29,30)24(41,33)34/h3-4,7-8,12,39,44-45H,5-6,25-34H2,1-2H3,(H,35,36,37,38). The van der Waals surface area contributed by atoms with Crippen molar-refractivity contribution in [2.45, 2.75) is 65.1 Å². The Balaban J connectivity index is 1.55. The summed E-state index contributed by atoms with van der Waals surface area (Å²) in [5, 5.41) is 28.6. The summed E-state index contributed by atoms with van der Waals surface area (Å²) in [4.78, 5) is 42.8. The number of Topliss-reactive ketones (excluding diaryl/α,β-unsaturated/α-hetero) is 1. The molecule has 1 saturated carbocycles. The van der Waals surface area contributed by atoms with Crippen molar-refractivity contribution in [3.63, 3.8) is 0 Å². The largest absolute Gasteiger partial charge is 0.397 e. The van der Waals surface area contributed by atoms with Crippen LogP contribution in [0.4, 0.5) is 17.5 Å². The predicted octanol–water partition coefficient (Wildman–Crippen LogP) is -9.49. The maximum Gasteiger partial charge on any atom is 0.263 e. The van der Waals surface area contributed by atoms with E-state index in [0.717, 1.165) is 5.69 Å². The number of ketones is 1. The van der Waals surface area contributed by atoms with Crippen molar-refractivity contribution >= 4 is 113 Å². The lowest BCUT2D eigenvalue weighted by molar-refractivity contribution is -0.0207. The van der Waals surface area contributed by atoms with Gasteiger partial charge in [0.15, 0.2) is 5.78 Å². The molecule has 0 spiro atoms. The minimum absolute atomic E-state index is 0.0559. The monoisotopic (exact) mass is 599 g/mol. The van der Waals surface area contributed by atoms with E-state index >= 15 is 0 Å². The van der Waals surface area contributed by atoms with E-state index in [9.17, 15) is 19.8 Å². The molecule has 4 N–H and O–H groups in total. The predicted molar refractivity (Wildman–Crippen MR) is 206 cm³/mol. The molecular formula is C24H39B10N7O4.